The van der Waals surface area contributed by atoms with Crippen molar-refractivity contribution in [3.63, 3.8) is 0 Å². The zero-order valence-corrected chi connectivity index (χ0v) is 18.7. The largest absolute Gasteiger partial charge is 0.448 e. The number of anilines is 2. The van der Waals surface area contributed by atoms with Crippen LogP contribution in [-0.4, -0.2) is 27.1 Å². The van der Waals surface area contributed by atoms with Gasteiger partial charge in [-0.25, -0.2) is 4.98 Å². The smallest absolute Gasteiger partial charge is 0.427 e. The van der Waals surface area contributed by atoms with E-state index in [-0.39, 0.29) is 0 Å². The summed E-state index contributed by atoms with van der Waals surface area (Å²) in [5.74, 6) is 0. The van der Waals surface area contributed by atoms with Gasteiger partial charge in [0.2, 0.25) is 0 Å². The van der Waals surface area contributed by atoms with Crippen LogP contribution in [0.2, 0.25) is 12.0 Å². The third-order valence-electron chi connectivity index (χ3n) is 4.14. The Balaban J connectivity index is 0.000000195. The summed E-state index contributed by atoms with van der Waals surface area (Å²) in [7, 11) is -1.17. The van der Waals surface area contributed by atoms with Crippen molar-refractivity contribution >= 4 is 30.1 Å². The highest BCUT2D eigenvalue weighted by Gasteiger charge is 2.03. The number of nitrogen functional groups attached to an aromatic ring is 2. The number of halogens is 1. The standard InChI is InChI=1S/C12H12N2.C11H9ClN2.CH5BO2/c1-9-7-11(12(13)8-14-9)10-5-3-2-4-6-10;12-11-6-9(10(13)7-14-11)8-4-2-1-3-5-8;1-2(3)4/h2-8H,13H2,1H3;1-7H,13H2;3-4H,1H3. The van der Waals surface area contributed by atoms with Crippen LogP contribution in [0.1, 0.15) is 5.69 Å². The van der Waals surface area contributed by atoms with E-state index in [1.165, 1.54) is 6.82 Å². The maximum atomic E-state index is 7.61. The van der Waals surface area contributed by atoms with E-state index in [0.717, 1.165) is 33.6 Å². The molecule has 4 rings (SSSR count). The molecule has 0 unspecified atom stereocenters. The Morgan fingerprint density at radius 1 is 0.750 bits per heavy atom. The molecule has 0 aliphatic carbocycles. The summed E-state index contributed by atoms with van der Waals surface area (Å²) >= 11 is 5.80. The van der Waals surface area contributed by atoms with Crippen molar-refractivity contribution in [2.45, 2.75) is 13.7 Å². The van der Waals surface area contributed by atoms with E-state index in [1.54, 1.807) is 18.5 Å². The normalized spacial score (nSPS) is 9.66. The predicted molar refractivity (Wildman–Crippen MR) is 134 cm³/mol. The second kappa shape index (κ2) is 12.5. The van der Waals surface area contributed by atoms with Crippen molar-refractivity contribution in [3.05, 3.63) is 96.0 Å². The molecule has 0 bridgehead atoms. The second-order valence-electron chi connectivity index (χ2n) is 6.87. The zero-order chi connectivity index (χ0) is 23.5. The van der Waals surface area contributed by atoms with E-state index in [0.29, 0.717) is 10.8 Å². The van der Waals surface area contributed by atoms with Crippen molar-refractivity contribution in [3.8, 4) is 22.3 Å². The number of rotatable bonds is 2. The van der Waals surface area contributed by atoms with E-state index in [1.807, 2.05) is 73.7 Å². The van der Waals surface area contributed by atoms with Crippen LogP contribution in [0.25, 0.3) is 22.3 Å². The summed E-state index contributed by atoms with van der Waals surface area (Å²) < 4.78 is 0. The van der Waals surface area contributed by atoms with Gasteiger partial charge in [0.1, 0.15) is 5.15 Å². The van der Waals surface area contributed by atoms with E-state index in [2.05, 4.69) is 9.97 Å². The summed E-state index contributed by atoms with van der Waals surface area (Å²) in [6.45, 7) is 3.24. The molecule has 0 amide bonds. The molecular weight excluding hydrogens is 423 g/mol. The van der Waals surface area contributed by atoms with Gasteiger partial charge in [-0.2, -0.15) is 0 Å². The molecule has 0 fully saturated rings. The predicted octanol–water partition coefficient (Wildman–Crippen LogP) is 4.71. The minimum absolute atomic E-state index is 0.457. The average Bonchev–Trinajstić information content (AvgIpc) is 2.78. The molecule has 2 heterocycles. The highest BCUT2D eigenvalue weighted by molar-refractivity contribution is 6.38. The lowest BCUT2D eigenvalue weighted by Gasteiger charge is -2.05. The molecule has 0 spiro atoms. The number of nitrogens with two attached hydrogens (primary N) is 2. The van der Waals surface area contributed by atoms with Gasteiger partial charge >= 0.3 is 7.12 Å². The van der Waals surface area contributed by atoms with Crippen molar-refractivity contribution in [1.82, 2.24) is 9.97 Å². The van der Waals surface area contributed by atoms with Gasteiger partial charge in [-0.3, -0.25) is 4.98 Å². The number of hydrogen-bond donors (Lipinski definition) is 4. The van der Waals surface area contributed by atoms with E-state index in [4.69, 9.17) is 33.1 Å². The van der Waals surface area contributed by atoms with Gasteiger partial charge in [0, 0.05) is 16.8 Å². The zero-order valence-electron chi connectivity index (χ0n) is 18.0. The number of nitrogens with zero attached hydrogens (tertiary/aromatic N) is 2. The Bertz CT molecular complexity index is 1020. The fourth-order valence-electron chi connectivity index (χ4n) is 2.75. The molecule has 8 heteroatoms. The van der Waals surface area contributed by atoms with Gasteiger partial charge < -0.3 is 21.5 Å². The molecule has 6 nitrogen and oxygen atoms in total. The maximum Gasteiger partial charge on any atom is 0.448 e. The van der Waals surface area contributed by atoms with Crippen LogP contribution in [0, 0.1) is 6.92 Å². The molecule has 32 heavy (non-hydrogen) atoms. The maximum absolute atomic E-state index is 7.61. The second-order valence-corrected chi connectivity index (χ2v) is 7.26. The molecule has 6 N–H and O–H groups in total. The van der Waals surface area contributed by atoms with Crippen LogP contribution in [0.4, 0.5) is 11.4 Å². The SMILES string of the molecule is CB(O)O.Cc1cc(-c2ccccc2)c(N)cn1.Nc1cnc(Cl)cc1-c1ccccc1. The fourth-order valence-corrected chi connectivity index (χ4v) is 2.90. The van der Waals surface area contributed by atoms with Gasteiger partial charge in [0.25, 0.3) is 0 Å². The number of aryl methyl sites for hydroxylation is 1. The van der Waals surface area contributed by atoms with Crippen molar-refractivity contribution in [2.24, 2.45) is 0 Å². The molecule has 0 aliphatic heterocycles. The molecule has 2 aromatic carbocycles. The highest BCUT2D eigenvalue weighted by Crippen LogP contribution is 2.27. The van der Waals surface area contributed by atoms with E-state index in [9.17, 15) is 0 Å². The van der Waals surface area contributed by atoms with Crippen LogP contribution < -0.4 is 11.5 Å². The van der Waals surface area contributed by atoms with Crippen LogP contribution in [0.3, 0.4) is 0 Å². The Kier molecular flexibility index (Phi) is 9.69. The van der Waals surface area contributed by atoms with Crippen molar-refractivity contribution < 1.29 is 10.0 Å². The third kappa shape index (κ3) is 8.04. The monoisotopic (exact) mass is 448 g/mol. The quantitative estimate of drug-likeness (QED) is 0.260. The molecule has 0 aliphatic rings. The summed E-state index contributed by atoms with van der Waals surface area (Å²) in [6.07, 6.45) is 3.28. The minimum Gasteiger partial charge on any atom is -0.427 e. The Morgan fingerprint density at radius 2 is 1.16 bits per heavy atom. The first-order chi connectivity index (χ1) is 15.3. The van der Waals surface area contributed by atoms with Crippen LogP contribution >= 0.6 is 11.6 Å². The van der Waals surface area contributed by atoms with Gasteiger partial charge in [0.05, 0.1) is 23.8 Å². The minimum atomic E-state index is -1.17. The number of aromatic nitrogens is 2. The fraction of sp³-hybridized carbons (Fsp3) is 0.0833. The van der Waals surface area contributed by atoms with Crippen LogP contribution in [0.15, 0.2) is 85.2 Å². The van der Waals surface area contributed by atoms with Gasteiger partial charge in [-0.15, -0.1) is 0 Å². The summed E-state index contributed by atoms with van der Waals surface area (Å²) in [4.78, 5) is 8.05. The summed E-state index contributed by atoms with van der Waals surface area (Å²) in [5, 5.41) is 15.7. The number of pyridine rings is 2. The third-order valence-corrected chi connectivity index (χ3v) is 4.35. The average molecular weight is 449 g/mol. The lowest BCUT2D eigenvalue weighted by molar-refractivity contribution is 0.417. The molecule has 0 saturated carbocycles. The van der Waals surface area contributed by atoms with Gasteiger partial charge in [0.15, 0.2) is 0 Å². The lowest BCUT2D eigenvalue weighted by atomic mass is 9.99. The number of benzene rings is 2. The molecule has 0 atom stereocenters. The van der Waals surface area contributed by atoms with E-state index < -0.39 is 7.12 Å². The number of hydrogen-bond acceptors (Lipinski definition) is 6. The molecule has 164 valence electrons. The van der Waals surface area contributed by atoms with Crippen LogP contribution in [-0.2, 0) is 0 Å². The first kappa shape index (κ1) is 24.9. The molecular formula is C24H26BClN4O2. The Labute approximate surface area is 193 Å². The topological polar surface area (TPSA) is 118 Å². The summed E-state index contributed by atoms with van der Waals surface area (Å²) in [5.41, 5.74) is 18.2. The Morgan fingerprint density at radius 3 is 1.62 bits per heavy atom. The van der Waals surface area contributed by atoms with E-state index >= 15 is 0 Å². The summed E-state index contributed by atoms with van der Waals surface area (Å²) in [6, 6.07) is 23.7. The first-order valence-electron chi connectivity index (χ1n) is 9.88. The first-order valence-corrected chi connectivity index (χ1v) is 10.3. The molecule has 4 aromatic rings. The molecule has 0 saturated heterocycles. The lowest BCUT2D eigenvalue weighted by Crippen LogP contribution is -2.00. The van der Waals surface area contributed by atoms with Crippen molar-refractivity contribution in [2.75, 3.05) is 11.5 Å². The van der Waals surface area contributed by atoms with Gasteiger partial charge in [-0.05, 0) is 37.0 Å². The van der Waals surface area contributed by atoms with Crippen LogP contribution in [0.5, 0.6) is 0 Å². The molecule has 0 radical (unpaired) electrons. The Hall–Kier alpha value is -3.39. The van der Waals surface area contributed by atoms with Crippen molar-refractivity contribution in [1.29, 1.82) is 0 Å². The van der Waals surface area contributed by atoms with Gasteiger partial charge in [-0.1, -0.05) is 72.3 Å². The highest BCUT2D eigenvalue weighted by atomic mass is 35.5. The molecule has 2 aromatic heterocycles.